The summed E-state index contributed by atoms with van der Waals surface area (Å²) in [4.78, 5) is 17.3. The van der Waals surface area contributed by atoms with Crippen LogP contribution in [0.2, 0.25) is 0 Å². The van der Waals surface area contributed by atoms with Gasteiger partial charge in [-0.05, 0) is 51.1 Å². The average molecular weight is 410 g/mol. The first-order valence-electron chi connectivity index (χ1n) is 10.00. The van der Waals surface area contributed by atoms with E-state index in [1.54, 1.807) is 30.7 Å². The monoisotopic (exact) mass is 410 g/mol. The zero-order chi connectivity index (χ0) is 21.3. The first kappa shape index (κ1) is 21.2. The third-order valence-electron chi connectivity index (χ3n) is 4.26. The Labute approximate surface area is 176 Å². The molecule has 0 saturated carbocycles. The maximum atomic E-state index is 12.9. The lowest BCUT2D eigenvalue weighted by molar-refractivity contribution is 0.0949. The van der Waals surface area contributed by atoms with Crippen molar-refractivity contribution < 1.29 is 23.4 Å². The molecular formula is C23H26N2O5. The van der Waals surface area contributed by atoms with Gasteiger partial charge in [-0.1, -0.05) is 6.07 Å². The third-order valence-corrected chi connectivity index (χ3v) is 4.26. The molecule has 0 bridgehead atoms. The molecule has 0 aliphatic rings. The summed E-state index contributed by atoms with van der Waals surface area (Å²) in [5, 5.41) is 2.94. The summed E-state index contributed by atoms with van der Waals surface area (Å²) in [7, 11) is 0. The largest absolute Gasteiger partial charge is 0.490 e. The minimum absolute atomic E-state index is 0.255. The van der Waals surface area contributed by atoms with E-state index < -0.39 is 0 Å². The summed E-state index contributed by atoms with van der Waals surface area (Å²) >= 11 is 0. The molecule has 158 valence electrons. The van der Waals surface area contributed by atoms with Gasteiger partial charge in [0.25, 0.3) is 5.91 Å². The van der Waals surface area contributed by atoms with E-state index in [-0.39, 0.29) is 5.91 Å². The first-order valence-corrected chi connectivity index (χ1v) is 10.00. The minimum atomic E-state index is -0.255. The van der Waals surface area contributed by atoms with E-state index >= 15 is 0 Å². The molecule has 3 rings (SSSR count). The highest BCUT2D eigenvalue weighted by molar-refractivity contribution is 5.95. The Morgan fingerprint density at radius 1 is 1.00 bits per heavy atom. The molecule has 7 heteroatoms. The van der Waals surface area contributed by atoms with Crippen LogP contribution >= 0.6 is 0 Å². The number of hydrogen-bond donors (Lipinski definition) is 1. The van der Waals surface area contributed by atoms with Crippen LogP contribution in [0.4, 0.5) is 0 Å². The van der Waals surface area contributed by atoms with Gasteiger partial charge in [-0.2, -0.15) is 0 Å². The lowest BCUT2D eigenvalue weighted by Crippen LogP contribution is -2.23. The quantitative estimate of drug-likeness (QED) is 0.531. The fourth-order valence-electron chi connectivity index (χ4n) is 3.01. The molecule has 1 amide bonds. The van der Waals surface area contributed by atoms with Gasteiger partial charge in [0, 0.05) is 23.9 Å². The smallest absolute Gasteiger partial charge is 0.251 e. The molecule has 0 fully saturated rings. The zero-order valence-corrected chi connectivity index (χ0v) is 17.4. The molecule has 7 nitrogen and oxygen atoms in total. The maximum Gasteiger partial charge on any atom is 0.251 e. The van der Waals surface area contributed by atoms with Crippen molar-refractivity contribution in [2.24, 2.45) is 0 Å². The standard InChI is InChI=1S/C23H26N2O5/c1-4-27-19-13-17(14-20(28-5-2)22(19)29-6-3)23(26)25-15-16-9-7-11-24-21(16)18-10-8-12-30-18/h7-14H,4-6,15H2,1-3H3,(H,25,26). The topological polar surface area (TPSA) is 82.8 Å². The van der Waals surface area contributed by atoms with Crippen molar-refractivity contribution >= 4 is 5.91 Å². The molecule has 2 aromatic heterocycles. The summed E-state index contributed by atoms with van der Waals surface area (Å²) in [5.74, 6) is 1.86. The van der Waals surface area contributed by atoms with Crippen molar-refractivity contribution in [2.45, 2.75) is 27.3 Å². The summed E-state index contributed by atoms with van der Waals surface area (Å²) in [5.41, 5.74) is 1.97. The van der Waals surface area contributed by atoms with Crippen molar-refractivity contribution in [3.8, 4) is 28.7 Å². The van der Waals surface area contributed by atoms with Crippen LogP contribution in [0.5, 0.6) is 17.2 Å². The van der Waals surface area contributed by atoms with E-state index in [4.69, 9.17) is 18.6 Å². The molecule has 0 saturated heterocycles. The summed E-state index contributed by atoms with van der Waals surface area (Å²) in [6, 6.07) is 10.7. The Kier molecular flexibility index (Phi) is 7.32. The molecule has 0 spiro atoms. The lowest BCUT2D eigenvalue weighted by Gasteiger charge is -2.17. The van der Waals surface area contributed by atoms with Crippen molar-refractivity contribution in [3.05, 3.63) is 60.0 Å². The van der Waals surface area contributed by atoms with Crippen LogP contribution in [0.1, 0.15) is 36.7 Å². The van der Waals surface area contributed by atoms with E-state index in [1.807, 2.05) is 39.0 Å². The van der Waals surface area contributed by atoms with Gasteiger partial charge >= 0.3 is 0 Å². The van der Waals surface area contributed by atoms with Gasteiger partial charge in [-0.25, -0.2) is 0 Å². The predicted molar refractivity (Wildman–Crippen MR) is 113 cm³/mol. The van der Waals surface area contributed by atoms with E-state index in [0.717, 1.165) is 5.56 Å². The molecular weight excluding hydrogens is 384 g/mol. The van der Waals surface area contributed by atoms with Crippen LogP contribution in [0.3, 0.4) is 0 Å². The molecule has 2 heterocycles. The van der Waals surface area contributed by atoms with Crippen LogP contribution in [0, 0.1) is 0 Å². The molecule has 0 aliphatic carbocycles. The van der Waals surface area contributed by atoms with Crippen LogP contribution in [-0.4, -0.2) is 30.7 Å². The van der Waals surface area contributed by atoms with Gasteiger partial charge < -0.3 is 23.9 Å². The maximum absolute atomic E-state index is 12.9. The van der Waals surface area contributed by atoms with E-state index in [2.05, 4.69) is 10.3 Å². The summed E-state index contributed by atoms with van der Waals surface area (Å²) in [6.07, 6.45) is 3.29. The number of nitrogens with one attached hydrogen (secondary N) is 1. The number of aromatic nitrogens is 1. The highest BCUT2D eigenvalue weighted by Gasteiger charge is 2.19. The van der Waals surface area contributed by atoms with Crippen molar-refractivity contribution in [1.29, 1.82) is 0 Å². The fourth-order valence-corrected chi connectivity index (χ4v) is 3.01. The second kappa shape index (κ2) is 10.3. The van der Waals surface area contributed by atoms with Crippen LogP contribution < -0.4 is 19.5 Å². The molecule has 1 aromatic carbocycles. The lowest BCUT2D eigenvalue weighted by atomic mass is 10.1. The second-order valence-electron chi connectivity index (χ2n) is 6.27. The van der Waals surface area contributed by atoms with Crippen molar-refractivity contribution in [3.63, 3.8) is 0 Å². The number of rotatable bonds is 10. The molecule has 0 atom stereocenters. The Bertz CT molecular complexity index is 942. The number of carbonyl (C=O) groups excluding carboxylic acids is 1. The number of carbonyl (C=O) groups is 1. The van der Waals surface area contributed by atoms with Crippen molar-refractivity contribution in [1.82, 2.24) is 10.3 Å². The van der Waals surface area contributed by atoms with E-state index in [9.17, 15) is 4.79 Å². The summed E-state index contributed by atoms with van der Waals surface area (Å²) in [6.45, 7) is 7.28. The molecule has 0 aliphatic heterocycles. The molecule has 0 unspecified atom stereocenters. The number of ether oxygens (including phenoxy) is 3. The number of nitrogens with zero attached hydrogens (tertiary/aromatic N) is 1. The zero-order valence-electron chi connectivity index (χ0n) is 17.4. The van der Waals surface area contributed by atoms with Crippen LogP contribution in [-0.2, 0) is 6.54 Å². The van der Waals surface area contributed by atoms with Gasteiger partial charge in [-0.3, -0.25) is 9.78 Å². The number of pyridine rings is 1. The van der Waals surface area contributed by atoms with Gasteiger partial charge in [-0.15, -0.1) is 0 Å². The Balaban J connectivity index is 1.83. The van der Waals surface area contributed by atoms with E-state index in [0.29, 0.717) is 60.6 Å². The molecule has 1 N–H and O–H groups in total. The van der Waals surface area contributed by atoms with Gasteiger partial charge in [0.15, 0.2) is 17.3 Å². The van der Waals surface area contributed by atoms with Gasteiger partial charge in [0.1, 0.15) is 5.69 Å². The highest BCUT2D eigenvalue weighted by atomic mass is 16.5. The minimum Gasteiger partial charge on any atom is -0.490 e. The number of benzene rings is 1. The Hall–Kier alpha value is -3.48. The highest BCUT2D eigenvalue weighted by Crippen LogP contribution is 2.39. The van der Waals surface area contributed by atoms with Crippen LogP contribution in [0.25, 0.3) is 11.5 Å². The Morgan fingerprint density at radius 3 is 2.30 bits per heavy atom. The van der Waals surface area contributed by atoms with Crippen molar-refractivity contribution in [2.75, 3.05) is 19.8 Å². The SMILES string of the molecule is CCOc1cc(C(=O)NCc2cccnc2-c2ccco2)cc(OCC)c1OCC. The number of hydrogen-bond acceptors (Lipinski definition) is 6. The fraction of sp³-hybridized carbons (Fsp3) is 0.304. The van der Waals surface area contributed by atoms with Gasteiger partial charge in [0.05, 0.1) is 26.1 Å². The second-order valence-corrected chi connectivity index (χ2v) is 6.27. The molecule has 0 radical (unpaired) electrons. The first-order chi connectivity index (χ1) is 14.7. The van der Waals surface area contributed by atoms with Gasteiger partial charge in [0.2, 0.25) is 5.75 Å². The third kappa shape index (κ3) is 4.92. The normalized spacial score (nSPS) is 10.5. The summed E-state index contributed by atoms with van der Waals surface area (Å²) < 4.78 is 22.5. The number of furan rings is 1. The molecule has 30 heavy (non-hydrogen) atoms. The Morgan fingerprint density at radius 2 is 1.70 bits per heavy atom. The predicted octanol–water partition coefficient (Wildman–Crippen LogP) is 4.47. The van der Waals surface area contributed by atoms with E-state index in [1.165, 1.54) is 0 Å². The number of amides is 1. The average Bonchev–Trinajstić information content (AvgIpc) is 3.29. The van der Waals surface area contributed by atoms with Crippen LogP contribution in [0.15, 0.2) is 53.3 Å². The molecule has 3 aromatic rings.